The van der Waals surface area contributed by atoms with Crippen molar-refractivity contribution in [2.75, 3.05) is 25.3 Å². The first kappa shape index (κ1) is 26.4. The maximum atomic E-state index is 12.7. The van der Waals surface area contributed by atoms with Crippen LogP contribution in [0.5, 0.6) is 17.2 Å². The second kappa shape index (κ2) is 12.0. The summed E-state index contributed by atoms with van der Waals surface area (Å²) in [6.07, 6.45) is 1.41. The highest BCUT2D eigenvalue weighted by Gasteiger charge is 2.20. The second-order valence-corrected chi connectivity index (χ2v) is 9.20. The molecule has 1 amide bonds. The Balaban J connectivity index is 1.72. The smallest absolute Gasteiger partial charge is 0.234 e. The largest absolute Gasteiger partial charge is 0.495 e. The molecule has 1 unspecified atom stereocenters. The van der Waals surface area contributed by atoms with Gasteiger partial charge in [-0.15, -0.1) is 16.8 Å². The van der Waals surface area contributed by atoms with E-state index < -0.39 is 0 Å². The summed E-state index contributed by atoms with van der Waals surface area (Å²) in [6, 6.07) is 9.27. The van der Waals surface area contributed by atoms with E-state index in [4.69, 9.17) is 25.8 Å². The van der Waals surface area contributed by atoms with Gasteiger partial charge in [0.2, 0.25) is 5.91 Å². The van der Waals surface area contributed by atoms with Crippen LogP contribution in [0.25, 0.3) is 0 Å². The van der Waals surface area contributed by atoms with E-state index in [1.807, 2.05) is 37.5 Å². The van der Waals surface area contributed by atoms with Crippen molar-refractivity contribution >= 4 is 35.0 Å². The second-order valence-electron chi connectivity index (χ2n) is 7.85. The molecule has 8 nitrogen and oxygen atoms in total. The molecule has 0 aliphatic rings. The van der Waals surface area contributed by atoms with E-state index in [-0.39, 0.29) is 17.8 Å². The van der Waals surface area contributed by atoms with E-state index in [1.165, 1.54) is 26.0 Å². The Morgan fingerprint density at radius 1 is 1.14 bits per heavy atom. The third-order valence-electron chi connectivity index (χ3n) is 5.01. The predicted octanol–water partition coefficient (Wildman–Crippen LogP) is 5.62. The maximum Gasteiger partial charge on any atom is 0.234 e. The lowest BCUT2D eigenvalue weighted by Gasteiger charge is -2.16. The lowest BCUT2D eigenvalue weighted by molar-refractivity contribution is -0.113. The van der Waals surface area contributed by atoms with Crippen LogP contribution in [0.4, 0.5) is 5.69 Å². The van der Waals surface area contributed by atoms with Gasteiger partial charge >= 0.3 is 0 Å². The monoisotopic (exact) mass is 516 g/mol. The minimum atomic E-state index is -0.349. The number of allylic oxidation sites excluding steroid dienone is 1. The lowest BCUT2D eigenvalue weighted by Crippen LogP contribution is -2.16. The van der Waals surface area contributed by atoms with Crippen molar-refractivity contribution in [3.8, 4) is 17.2 Å². The fraction of sp³-hybridized carbons (Fsp3) is 0.320. The topological polar surface area (TPSA) is 87.5 Å². The minimum Gasteiger partial charge on any atom is -0.495 e. The van der Waals surface area contributed by atoms with E-state index in [0.717, 1.165) is 16.9 Å². The van der Waals surface area contributed by atoms with Crippen LogP contribution in [-0.4, -0.2) is 40.6 Å². The van der Waals surface area contributed by atoms with Gasteiger partial charge in [0.25, 0.3) is 0 Å². The van der Waals surface area contributed by atoms with Crippen molar-refractivity contribution in [1.82, 2.24) is 14.8 Å². The molecular weight excluding hydrogens is 488 g/mol. The van der Waals surface area contributed by atoms with Gasteiger partial charge in [-0.2, -0.15) is 0 Å². The Labute approximate surface area is 214 Å². The van der Waals surface area contributed by atoms with Crippen LogP contribution < -0.4 is 19.5 Å². The SMILES string of the molecule is C=CCn1c(SCC(=O)Nc2cc(OC)c(Cl)cc2OC)nnc1C(C)Oc1cc(C)cc(C)c1. The molecule has 10 heteroatoms. The number of nitrogens with zero attached hydrogens (tertiary/aromatic N) is 3. The Hall–Kier alpha value is -3.17. The van der Waals surface area contributed by atoms with Crippen LogP contribution in [0.15, 0.2) is 48.1 Å². The molecule has 0 saturated heterocycles. The number of carbonyl (C=O) groups is 1. The number of hydrogen-bond acceptors (Lipinski definition) is 7. The number of nitrogens with one attached hydrogen (secondary N) is 1. The summed E-state index contributed by atoms with van der Waals surface area (Å²) in [5, 5.41) is 12.4. The standard InChI is InChI=1S/C25H29ClN4O4S/c1-7-8-30-24(17(4)34-18-10-15(2)9-16(3)11-18)28-29-25(30)35-14-23(31)27-20-13-21(32-5)19(26)12-22(20)33-6/h7,9-13,17H,1,8,14H2,2-6H3,(H,27,31). The van der Waals surface area contributed by atoms with Crippen molar-refractivity contribution in [2.24, 2.45) is 0 Å². The van der Waals surface area contributed by atoms with Crippen molar-refractivity contribution in [2.45, 2.75) is 38.6 Å². The van der Waals surface area contributed by atoms with Crippen LogP contribution in [0, 0.1) is 13.8 Å². The fourth-order valence-corrected chi connectivity index (χ4v) is 4.53. The van der Waals surface area contributed by atoms with Crippen LogP contribution in [0.1, 0.15) is 30.0 Å². The number of rotatable bonds is 11. The summed E-state index contributed by atoms with van der Waals surface area (Å²) in [5.41, 5.74) is 2.71. The number of thioether (sulfide) groups is 1. The maximum absolute atomic E-state index is 12.7. The first-order valence-corrected chi connectivity index (χ1v) is 12.2. The molecular formula is C25H29ClN4O4S. The summed E-state index contributed by atoms with van der Waals surface area (Å²) in [7, 11) is 3.01. The molecule has 0 radical (unpaired) electrons. The number of hydrogen-bond donors (Lipinski definition) is 1. The van der Waals surface area contributed by atoms with E-state index in [2.05, 4.69) is 28.2 Å². The fourth-order valence-electron chi connectivity index (χ4n) is 3.54. The molecule has 186 valence electrons. The number of aryl methyl sites for hydroxylation is 2. The van der Waals surface area contributed by atoms with E-state index in [0.29, 0.717) is 39.7 Å². The van der Waals surface area contributed by atoms with Gasteiger partial charge in [0.05, 0.1) is 30.7 Å². The van der Waals surface area contributed by atoms with Gasteiger partial charge in [0, 0.05) is 18.7 Å². The number of halogens is 1. The lowest BCUT2D eigenvalue weighted by atomic mass is 10.1. The van der Waals surface area contributed by atoms with Crippen molar-refractivity contribution in [3.63, 3.8) is 0 Å². The first-order chi connectivity index (χ1) is 16.7. The van der Waals surface area contributed by atoms with E-state index in [1.54, 1.807) is 18.2 Å². The Bertz CT molecular complexity index is 1190. The van der Waals surface area contributed by atoms with Crippen LogP contribution in [-0.2, 0) is 11.3 Å². The zero-order valence-electron chi connectivity index (χ0n) is 20.4. The molecule has 0 aliphatic carbocycles. The highest BCUT2D eigenvalue weighted by atomic mass is 35.5. The average Bonchev–Trinajstić information content (AvgIpc) is 3.20. The molecule has 2 aromatic carbocycles. The van der Waals surface area contributed by atoms with Crippen LogP contribution in [0.2, 0.25) is 5.02 Å². The third-order valence-corrected chi connectivity index (χ3v) is 6.27. The van der Waals surface area contributed by atoms with Crippen LogP contribution in [0.3, 0.4) is 0 Å². The number of carbonyl (C=O) groups excluding carboxylic acids is 1. The van der Waals surface area contributed by atoms with Crippen molar-refractivity contribution < 1.29 is 19.0 Å². The molecule has 0 spiro atoms. The number of benzene rings is 2. The highest BCUT2D eigenvalue weighted by Crippen LogP contribution is 2.36. The molecule has 1 heterocycles. The van der Waals surface area contributed by atoms with Gasteiger partial charge < -0.3 is 19.5 Å². The number of anilines is 1. The Morgan fingerprint density at radius 2 is 1.83 bits per heavy atom. The Morgan fingerprint density at radius 3 is 2.46 bits per heavy atom. The summed E-state index contributed by atoms with van der Waals surface area (Å²) < 4.78 is 18.6. The van der Waals surface area contributed by atoms with Crippen molar-refractivity contribution in [3.05, 3.63) is 65.0 Å². The van der Waals surface area contributed by atoms with Gasteiger partial charge in [-0.1, -0.05) is 35.5 Å². The summed E-state index contributed by atoms with van der Waals surface area (Å²) in [5.74, 6) is 2.15. The normalized spacial score (nSPS) is 11.6. The molecule has 0 saturated carbocycles. The van der Waals surface area contributed by atoms with Gasteiger partial charge in [-0.25, -0.2) is 0 Å². The zero-order chi connectivity index (χ0) is 25.5. The number of aromatic nitrogens is 3. The van der Waals surface area contributed by atoms with Gasteiger partial charge in [-0.3, -0.25) is 9.36 Å². The summed E-state index contributed by atoms with van der Waals surface area (Å²) >= 11 is 7.41. The Kier molecular flexibility index (Phi) is 9.06. The summed E-state index contributed by atoms with van der Waals surface area (Å²) in [6.45, 7) is 10.3. The molecule has 1 N–H and O–H groups in total. The third kappa shape index (κ3) is 6.70. The van der Waals surface area contributed by atoms with Gasteiger partial charge in [0.15, 0.2) is 17.1 Å². The van der Waals surface area contributed by atoms with E-state index >= 15 is 0 Å². The molecule has 3 rings (SSSR count). The van der Waals surface area contributed by atoms with Gasteiger partial charge in [0.1, 0.15) is 17.2 Å². The molecule has 0 aliphatic heterocycles. The number of methoxy groups -OCH3 is 2. The number of ether oxygens (including phenoxy) is 3. The molecule has 1 atom stereocenters. The first-order valence-electron chi connectivity index (χ1n) is 10.9. The molecule has 35 heavy (non-hydrogen) atoms. The predicted molar refractivity (Wildman–Crippen MR) is 139 cm³/mol. The van der Waals surface area contributed by atoms with Gasteiger partial charge in [-0.05, 0) is 44.0 Å². The van der Waals surface area contributed by atoms with Crippen molar-refractivity contribution in [1.29, 1.82) is 0 Å². The molecule has 0 fully saturated rings. The molecule has 1 aromatic heterocycles. The minimum absolute atomic E-state index is 0.107. The zero-order valence-corrected chi connectivity index (χ0v) is 22.0. The highest BCUT2D eigenvalue weighted by molar-refractivity contribution is 7.99. The molecule has 0 bridgehead atoms. The quantitative estimate of drug-likeness (QED) is 0.261. The average molecular weight is 517 g/mol. The summed E-state index contributed by atoms with van der Waals surface area (Å²) in [4.78, 5) is 12.7. The van der Waals surface area contributed by atoms with Crippen LogP contribution >= 0.6 is 23.4 Å². The van der Waals surface area contributed by atoms with E-state index in [9.17, 15) is 4.79 Å². The number of amides is 1. The molecule has 3 aromatic rings.